The number of carbonyl (C=O) groups is 2. The summed E-state index contributed by atoms with van der Waals surface area (Å²) < 4.78 is 27.5. The molecule has 0 aliphatic heterocycles. The van der Waals surface area contributed by atoms with Gasteiger partial charge in [0.05, 0.1) is 4.90 Å². The quantitative estimate of drug-likeness (QED) is 0.390. The van der Waals surface area contributed by atoms with Crippen LogP contribution in [0, 0.1) is 0 Å². The molecule has 0 spiro atoms. The number of fused-ring (bicyclic) bond motifs is 1. The van der Waals surface area contributed by atoms with Crippen molar-refractivity contribution in [2.24, 2.45) is 0 Å². The second-order valence-corrected chi connectivity index (χ2v) is 9.39. The zero-order chi connectivity index (χ0) is 23.4. The molecule has 0 fully saturated rings. The third-order valence-electron chi connectivity index (χ3n) is 5.26. The van der Waals surface area contributed by atoms with Crippen molar-refractivity contribution in [3.05, 3.63) is 108 Å². The van der Waals surface area contributed by atoms with Crippen molar-refractivity contribution in [3.63, 3.8) is 0 Å². The van der Waals surface area contributed by atoms with E-state index in [0.717, 1.165) is 10.8 Å². The lowest BCUT2D eigenvalue weighted by molar-refractivity contribution is 0.101. The van der Waals surface area contributed by atoms with Gasteiger partial charge in [-0.2, -0.15) is 0 Å². The Morgan fingerprint density at radius 3 is 2.06 bits per heavy atom. The fourth-order valence-electron chi connectivity index (χ4n) is 3.37. The van der Waals surface area contributed by atoms with Gasteiger partial charge in [-0.15, -0.1) is 0 Å². The van der Waals surface area contributed by atoms with E-state index in [1.165, 1.54) is 31.2 Å². The standard InChI is InChI=1S/C26H22N2O4S/c1-18(29)20-11-14-25(15-12-20)33(31,32)27-17-19-6-8-22(9-7-19)26(30)28-24-13-10-21-4-2-3-5-23(21)16-24/h2-16,27H,17H2,1H3,(H,28,30). The van der Waals surface area contributed by atoms with Crippen LogP contribution >= 0.6 is 0 Å². The topological polar surface area (TPSA) is 92.3 Å². The number of hydrogen-bond acceptors (Lipinski definition) is 4. The normalized spacial score (nSPS) is 11.3. The van der Waals surface area contributed by atoms with Gasteiger partial charge in [-0.25, -0.2) is 13.1 Å². The lowest BCUT2D eigenvalue weighted by Crippen LogP contribution is -2.23. The molecule has 4 rings (SSSR count). The highest BCUT2D eigenvalue weighted by Crippen LogP contribution is 2.19. The molecule has 0 unspecified atom stereocenters. The maximum Gasteiger partial charge on any atom is 0.255 e. The summed E-state index contributed by atoms with van der Waals surface area (Å²) in [7, 11) is -3.73. The van der Waals surface area contributed by atoms with Gasteiger partial charge in [0.1, 0.15) is 0 Å². The summed E-state index contributed by atoms with van der Waals surface area (Å²) in [5.41, 5.74) is 2.33. The molecule has 0 heterocycles. The SMILES string of the molecule is CC(=O)c1ccc(S(=O)(=O)NCc2ccc(C(=O)Nc3ccc4ccccc4c3)cc2)cc1. The molecule has 1 amide bonds. The Hall–Kier alpha value is -3.81. The number of anilines is 1. The van der Waals surface area contributed by atoms with Crippen molar-refractivity contribution in [1.82, 2.24) is 4.72 Å². The van der Waals surface area contributed by atoms with E-state index >= 15 is 0 Å². The van der Waals surface area contributed by atoms with Crippen molar-refractivity contribution in [3.8, 4) is 0 Å². The minimum Gasteiger partial charge on any atom is -0.322 e. The third kappa shape index (κ3) is 5.34. The van der Waals surface area contributed by atoms with Crippen LogP contribution in [0.4, 0.5) is 5.69 Å². The lowest BCUT2D eigenvalue weighted by Gasteiger charge is -2.09. The molecule has 4 aromatic carbocycles. The Labute approximate surface area is 192 Å². The molecule has 0 aliphatic rings. The Morgan fingerprint density at radius 1 is 0.758 bits per heavy atom. The Balaban J connectivity index is 1.39. The highest BCUT2D eigenvalue weighted by Gasteiger charge is 2.14. The monoisotopic (exact) mass is 458 g/mol. The van der Waals surface area contributed by atoms with Crippen LogP contribution in [-0.4, -0.2) is 20.1 Å². The number of carbonyl (C=O) groups excluding carboxylic acids is 2. The number of hydrogen-bond donors (Lipinski definition) is 2. The van der Waals surface area contributed by atoms with E-state index in [0.29, 0.717) is 22.4 Å². The van der Waals surface area contributed by atoms with Gasteiger partial charge >= 0.3 is 0 Å². The van der Waals surface area contributed by atoms with Crippen molar-refractivity contribution >= 4 is 38.2 Å². The van der Waals surface area contributed by atoms with Gasteiger partial charge in [-0.1, -0.05) is 54.6 Å². The first-order chi connectivity index (χ1) is 15.8. The van der Waals surface area contributed by atoms with Crippen LogP contribution in [0.1, 0.15) is 33.2 Å². The van der Waals surface area contributed by atoms with Crippen molar-refractivity contribution in [2.45, 2.75) is 18.4 Å². The lowest BCUT2D eigenvalue weighted by atomic mass is 10.1. The van der Waals surface area contributed by atoms with E-state index in [2.05, 4.69) is 10.0 Å². The summed E-state index contributed by atoms with van der Waals surface area (Å²) in [6.07, 6.45) is 0. The average molecular weight is 459 g/mol. The minimum atomic E-state index is -3.73. The molecule has 0 aromatic heterocycles. The summed E-state index contributed by atoms with van der Waals surface area (Å²) in [4.78, 5) is 24.0. The maximum atomic E-state index is 12.6. The summed E-state index contributed by atoms with van der Waals surface area (Å²) >= 11 is 0. The van der Waals surface area contributed by atoms with E-state index in [4.69, 9.17) is 0 Å². The van der Waals surface area contributed by atoms with Crippen LogP contribution in [0.25, 0.3) is 10.8 Å². The first-order valence-corrected chi connectivity index (χ1v) is 11.8. The molecule has 0 bridgehead atoms. The van der Waals surface area contributed by atoms with Crippen LogP contribution in [0.5, 0.6) is 0 Å². The first-order valence-electron chi connectivity index (χ1n) is 10.3. The van der Waals surface area contributed by atoms with Crippen LogP contribution < -0.4 is 10.0 Å². The Morgan fingerprint density at radius 2 is 1.39 bits per heavy atom. The summed E-state index contributed by atoms with van der Waals surface area (Å²) in [5, 5.41) is 5.02. The molecule has 6 nitrogen and oxygen atoms in total. The van der Waals surface area contributed by atoms with Crippen LogP contribution in [0.2, 0.25) is 0 Å². The van der Waals surface area contributed by atoms with E-state index < -0.39 is 10.0 Å². The van der Waals surface area contributed by atoms with E-state index in [-0.39, 0.29) is 23.1 Å². The number of nitrogens with one attached hydrogen (secondary N) is 2. The maximum absolute atomic E-state index is 12.6. The predicted octanol–water partition coefficient (Wildman–Crippen LogP) is 4.77. The number of rotatable bonds is 7. The average Bonchev–Trinajstić information content (AvgIpc) is 2.83. The largest absolute Gasteiger partial charge is 0.322 e. The van der Waals surface area contributed by atoms with Crippen molar-refractivity contribution in [2.75, 3.05) is 5.32 Å². The Kier molecular flexibility index (Phi) is 6.35. The van der Waals surface area contributed by atoms with E-state index in [9.17, 15) is 18.0 Å². The number of Topliss-reactive ketones (excluding diaryl/α,β-unsaturated/α-hetero) is 1. The summed E-state index contributed by atoms with van der Waals surface area (Å²) in [6.45, 7) is 1.50. The smallest absolute Gasteiger partial charge is 0.255 e. The molecule has 0 atom stereocenters. The van der Waals surface area contributed by atoms with Gasteiger partial charge in [0, 0.05) is 23.4 Å². The summed E-state index contributed by atoms with van der Waals surface area (Å²) in [5.74, 6) is -0.375. The highest BCUT2D eigenvalue weighted by atomic mass is 32.2. The highest BCUT2D eigenvalue weighted by molar-refractivity contribution is 7.89. The van der Waals surface area contributed by atoms with Gasteiger partial charge in [0.25, 0.3) is 5.91 Å². The second-order valence-electron chi connectivity index (χ2n) is 7.62. The number of amides is 1. The van der Waals surface area contributed by atoms with Crippen LogP contribution in [0.3, 0.4) is 0 Å². The number of ketones is 1. The van der Waals surface area contributed by atoms with Crippen LogP contribution in [-0.2, 0) is 16.6 Å². The fraction of sp³-hybridized carbons (Fsp3) is 0.0769. The van der Waals surface area contributed by atoms with Gasteiger partial charge < -0.3 is 5.32 Å². The van der Waals surface area contributed by atoms with Gasteiger partial charge in [-0.05, 0) is 59.7 Å². The van der Waals surface area contributed by atoms with E-state index in [1.807, 2.05) is 42.5 Å². The molecule has 0 saturated heterocycles. The molecular weight excluding hydrogens is 436 g/mol. The Bertz CT molecular complexity index is 1430. The molecule has 4 aromatic rings. The fourth-order valence-corrected chi connectivity index (χ4v) is 4.39. The first kappa shape index (κ1) is 22.4. The van der Waals surface area contributed by atoms with Gasteiger partial charge in [0.15, 0.2) is 5.78 Å². The molecule has 166 valence electrons. The van der Waals surface area contributed by atoms with Crippen LogP contribution in [0.15, 0.2) is 95.9 Å². The predicted molar refractivity (Wildman–Crippen MR) is 129 cm³/mol. The molecule has 7 heteroatoms. The molecule has 0 aliphatic carbocycles. The van der Waals surface area contributed by atoms with Gasteiger partial charge in [0.2, 0.25) is 10.0 Å². The molecule has 0 radical (unpaired) electrons. The third-order valence-corrected chi connectivity index (χ3v) is 6.68. The minimum absolute atomic E-state index is 0.0728. The zero-order valence-electron chi connectivity index (χ0n) is 17.9. The molecule has 33 heavy (non-hydrogen) atoms. The number of benzene rings is 4. The summed E-state index contributed by atoms with van der Waals surface area (Å²) in [6, 6.07) is 26.1. The van der Waals surface area contributed by atoms with E-state index in [1.54, 1.807) is 24.3 Å². The van der Waals surface area contributed by atoms with Crippen molar-refractivity contribution < 1.29 is 18.0 Å². The number of sulfonamides is 1. The van der Waals surface area contributed by atoms with Gasteiger partial charge in [-0.3, -0.25) is 9.59 Å². The zero-order valence-corrected chi connectivity index (χ0v) is 18.7. The molecule has 2 N–H and O–H groups in total. The molecule has 0 saturated carbocycles. The van der Waals surface area contributed by atoms with Crippen molar-refractivity contribution in [1.29, 1.82) is 0 Å². The second kappa shape index (κ2) is 9.36. The molecular formula is C26H22N2O4S.